The molecule has 53 heavy (non-hydrogen) atoms. The lowest BCUT2D eigenvalue weighted by Crippen LogP contribution is -2.66. The average molecular weight is 764 g/mol. The van der Waals surface area contributed by atoms with Crippen molar-refractivity contribution in [3.63, 3.8) is 0 Å². The summed E-state index contributed by atoms with van der Waals surface area (Å²) < 4.78 is 24.0. The number of aliphatic hydroxyl groups excluding tert-OH is 1. The van der Waals surface area contributed by atoms with Crippen LogP contribution in [0.2, 0.25) is 10.0 Å². The number of carbonyl (C=O) groups excluding carboxylic acids is 4. The first-order chi connectivity index (χ1) is 25.3. The summed E-state index contributed by atoms with van der Waals surface area (Å²) in [4.78, 5) is 53.5. The fraction of sp³-hybridized carbons (Fsp3) is 0.524. The lowest BCUT2D eigenvalue weighted by atomic mass is 9.44. The van der Waals surface area contributed by atoms with Gasteiger partial charge in [0.15, 0.2) is 5.78 Å². The molecule has 1 spiro atoms. The van der Waals surface area contributed by atoms with Gasteiger partial charge in [-0.1, -0.05) is 42.6 Å². The summed E-state index contributed by atoms with van der Waals surface area (Å²) in [5.74, 6) is -1.11. The number of ether oxygens (including phenoxy) is 4. The zero-order valence-electron chi connectivity index (χ0n) is 30.0. The van der Waals surface area contributed by atoms with Gasteiger partial charge in [-0.15, -0.1) is 0 Å². The second-order valence-electron chi connectivity index (χ2n) is 16.3. The Labute approximate surface area is 319 Å². The highest BCUT2D eigenvalue weighted by Crippen LogP contribution is 2.73. The van der Waals surface area contributed by atoms with Gasteiger partial charge in [-0.2, -0.15) is 0 Å². The molecule has 4 aliphatic carbocycles. The predicted molar refractivity (Wildman–Crippen MR) is 195 cm³/mol. The van der Waals surface area contributed by atoms with Gasteiger partial charge >= 0.3 is 17.9 Å². The Morgan fingerprint density at radius 3 is 2.23 bits per heavy atom. The number of esters is 3. The number of hydrogen-bond acceptors (Lipinski definition) is 9. The SMILES string of the molecule is CC1=C(COC(=O)c2ccc(Cl)cc2)C(=O)O[C@@H]([C@@H](C)[C@H]2CC[C@H]3[C@@H]4C[C@H]5O[C@]56[C@@H](O)C=CC(=O)[C@]6(COC(=O)c5ccc(Cl)cc5)[C@H]4CC[C@]23C)C1. The molecule has 0 unspecified atom stereocenters. The highest BCUT2D eigenvalue weighted by Gasteiger charge is 2.82. The lowest BCUT2D eigenvalue weighted by Gasteiger charge is -2.58. The summed E-state index contributed by atoms with van der Waals surface area (Å²) in [5, 5.41) is 12.4. The van der Waals surface area contributed by atoms with E-state index in [1.54, 1.807) is 48.5 Å². The van der Waals surface area contributed by atoms with E-state index < -0.39 is 35.0 Å². The number of allylic oxidation sites excluding steroid dienone is 1. The van der Waals surface area contributed by atoms with Crippen LogP contribution in [0.1, 0.15) is 80.0 Å². The molecule has 2 heterocycles. The van der Waals surface area contributed by atoms with Crippen LogP contribution in [0.3, 0.4) is 0 Å². The molecule has 9 nitrogen and oxygen atoms in total. The average Bonchev–Trinajstić information content (AvgIpc) is 3.77. The summed E-state index contributed by atoms with van der Waals surface area (Å²) in [6, 6.07) is 12.8. The molecule has 1 N–H and O–H groups in total. The highest BCUT2D eigenvalue weighted by atomic mass is 35.5. The Kier molecular flexibility index (Phi) is 9.19. The van der Waals surface area contributed by atoms with Crippen molar-refractivity contribution in [2.24, 2.45) is 40.4 Å². The van der Waals surface area contributed by atoms with Crippen molar-refractivity contribution in [3.8, 4) is 0 Å². The number of halogens is 2. The topological polar surface area (TPSA) is 129 Å². The van der Waals surface area contributed by atoms with E-state index in [4.69, 9.17) is 42.1 Å². The van der Waals surface area contributed by atoms with Gasteiger partial charge in [0.2, 0.25) is 0 Å². The molecule has 4 fully saturated rings. The summed E-state index contributed by atoms with van der Waals surface area (Å²) >= 11 is 12.0. The number of cyclic esters (lactones) is 1. The van der Waals surface area contributed by atoms with E-state index in [-0.39, 0.29) is 66.2 Å². The Morgan fingerprint density at radius 2 is 1.58 bits per heavy atom. The Bertz CT molecular complexity index is 1910. The molecule has 8 rings (SSSR count). The molecule has 6 aliphatic rings. The molecule has 11 heteroatoms. The number of benzene rings is 2. The number of hydrogen-bond donors (Lipinski definition) is 1. The van der Waals surface area contributed by atoms with Crippen LogP contribution in [-0.2, 0) is 28.5 Å². The fourth-order valence-electron chi connectivity index (χ4n) is 11.4. The molecular formula is C42H44Cl2O9. The van der Waals surface area contributed by atoms with Crippen molar-refractivity contribution in [2.75, 3.05) is 13.2 Å². The van der Waals surface area contributed by atoms with Gasteiger partial charge in [0.25, 0.3) is 0 Å². The van der Waals surface area contributed by atoms with Crippen molar-refractivity contribution < 1.29 is 43.2 Å². The van der Waals surface area contributed by atoms with Gasteiger partial charge in [-0.25, -0.2) is 14.4 Å². The third-order valence-electron chi connectivity index (χ3n) is 14.1. The monoisotopic (exact) mass is 762 g/mol. The van der Waals surface area contributed by atoms with E-state index in [0.29, 0.717) is 33.2 Å². The zero-order valence-corrected chi connectivity index (χ0v) is 31.5. The van der Waals surface area contributed by atoms with Gasteiger partial charge in [-0.3, -0.25) is 4.79 Å². The molecule has 0 amide bonds. The van der Waals surface area contributed by atoms with Gasteiger partial charge < -0.3 is 24.1 Å². The molecule has 11 atom stereocenters. The van der Waals surface area contributed by atoms with Crippen LogP contribution in [0.25, 0.3) is 0 Å². The van der Waals surface area contributed by atoms with Gasteiger partial charge in [0, 0.05) is 16.5 Å². The van der Waals surface area contributed by atoms with E-state index in [1.807, 2.05) is 6.92 Å². The van der Waals surface area contributed by atoms with Crippen LogP contribution >= 0.6 is 23.2 Å². The number of ketones is 1. The molecule has 2 aliphatic heterocycles. The minimum absolute atomic E-state index is 0.0637. The van der Waals surface area contributed by atoms with Crippen LogP contribution in [-0.4, -0.2) is 65.9 Å². The molecule has 3 saturated carbocycles. The standard InChI is InChI=1S/C42H44Cl2O9/c1-22-18-33(52-39(49)29(22)20-50-37(47)24-4-8-26(43)9-5-24)23(2)30-12-13-31-28-19-36-42(53-36)35(46)15-14-34(45)41(42,32(28)16-17-40(30,31)3)21-51-38(48)25-6-10-27(44)11-7-25/h4-11,14-15,23,28,30-33,35-36,46H,12-13,16-21H2,1-3H3/t23-,28-,30+,31-,32-,33+,35-,36+,40+,41-,42+/m0/s1. The van der Waals surface area contributed by atoms with E-state index >= 15 is 0 Å². The maximum absolute atomic E-state index is 14.2. The highest BCUT2D eigenvalue weighted by molar-refractivity contribution is 6.31. The number of epoxide rings is 1. The van der Waals surface area contributed by atoms with Crippen LogP contribution in [0, 0.1) is 40.4 Å². The van der Waals surface area contributed by atoms with Crippen LogP contribution in [0.15, 0.2) is 71.8 Å². The van der Waals surface area contributed by atoms with Crippen molar-refractivity contribution in [3.05, 3.63) is 93.0 Å². The van der Waals surface area contributed by atoms with Gasteiger partial charge in [-0.05, 0) is 135 Å². The first-order valence-electron chi connectivity index (χ1n) is 18.6. The first-order valence-corrected chi connectivity index (χ1v) is 19.4. The second-order valence-corrected chi connectivity index (χ2v) is 17.2. The van der Waals surface area contributed by atoms with E-state index in [1.165, 1.54) is 12.2 Å². The smallest absolute Gasteiger partial charge is 0.338 e. The number of aliphatic hydroxyl groups is 1. The third-order valence-corrected chi connectivity index (χ3v) is 14.6. The van der Waals surface area contributed by atoms with Crippen molar-refractivity contribution in [1.29, 1.82) is 0 Å². The zero-order chi connectivity index (χ0) is 37.4. The van der Waals surface area contributed by atoms with Crippen molar-refractivity contribution in [2.45, 2.75) is 83.2 Å². The van der Waals surface area contributed by atoms with Gasteiger partial charge in [0.05, 0.1) is 22.8 Å². The molecule has 0 radical (unpaired) electrons. The van der Waals surface area contributed by atoms with Crippen LogP contribution in [0.5, 0.6) is 0 Å². The quantitative estimate of drug-likeness (QED) is 0.167. The Balaban J connectivity index is 0.992. The minimum Gasteiger partial charge on any atom is -0.461 e. The molecule has 1 saturated heterocycles. The summed E-state index contributed by atoms with van der Waals surface area (Å²) in [6.45, 7) is 6.11. The summed E-state index contributed by atoms with van der Waals surface area (Å²) in [5.41, 5.74) is -0.472. The second kappa shape index (κ2) is 13.4. The normalized spacial score (nSPS) is 37.4. The maximum atomic E-state index is 14.2. The molecule has 0 bridgehead atoms. The maximum Gasteiger partial charge on any atom is 0.338 e. The molecule has 2 aromatic carbocycles. The Hall–Kier alpha value is -3.50. The molecular weight excluding hydrogens is 719 g/mol. The van der Waals surface area contributed by atoms with E-state index in [0.717, 1.165) is 37.7 Å². The largest absolute Gasteiger partial charge is 0.461 e. The first kappa shape index (κ1) is 36.5. The number of carbonyl (C=O) groups is 4. The minimum atomic E-state index is -1.20. The van der Waals surface area contributed by atoms with E-state index in [9.17, 15) is 24.3 Å². The lowest BCUT2D eigenvalue weighted by molar-refractivity contribution is -0.164. The van der Waals surface area contributed by atoms with Crippen molar-refractivity contribution in [1.82, 2.24) is 0 Å². The molecule has 2 aromatic rings. The molecule has 280 valence electrons. The summed E-state index contributed by atoms with van der Waals surface area (Å²) in [7, 11) is 0. The van der Waals surface area contributed by atoms with Crippen LogP contribution in [0.4, 0.5) is 0 Å². The number of fused-ring (bicyclic) bond motifs is 4. The predicted octanol–water partition coefficient (Wildman–Crippen LogP) is 7.36. The Morgan fingerprint density at radius 1 is 0.943 bits per heavy atom. The van der Waals surface area contributed by atoms with E-state index in [2.05, 4.69) is 13.8 Å². The van der Waals surface area contributed by atoms with Crippen molar-refractivity contribution >= 4 is 46.9 Å². The van der Waals surface area contributed by atoms with Gasteiger partial charge in [0.1, 0.15) is 36.4 Å². The summed E-state index contributed by atoms with van der Waals surface area (Å²) in [6.07, 6.45) is 6.14. The fourth-order valence-corrected chi connectivity index (χ4v) is 11.6. The third kappa shape index (κ3) is 5.71. The molecule has 0 aromatic heterocycles. The van der Waals surface area contributed by atoms with Crippen LogP contribution < -0.4 is 0 Å². The number of rotatable bonds is 8.